The summed E-state index contributed by atoms with van der Waals surface area (Å²) >= 11 is 0. The molecular formula is C14H10F3NO2. The van der Waals surface area contributed by atoms with Gasteiger partial charge in [-0.05, 0) is 23.8 Å². The second-order valence-electron chi connectivity index (χ2n) is 4.04. The van der Waals surface area contributed by atoms with Gasteiger partial charge in [0.1, 0.15) is 0 Å². The molecule has 0 spiro atoms. The molecule has 2 aromatic rings. The molecule has 0 atom stereocenters. The summed E-state index contributed by atoms with van der Waals surface area (Å²) in [6.45, 7) is -0.0233. The third-order valence-corrected chi connectivity index (χ3v) is 2.75. The number of aromatic carboxylic acids is 1. The van der Waals surface area contributed by atoms with Crippen LogP contribution in [0.15, 0.2) is 36.4 Å². The van der Waals surface area contributed by atoms with Crippen molar-refractivity contribution in [2.24, 2.45) is 0 Å². The van der Waals surface area contributed by atoms with Gasteiger partial charge in [-0.1, -0.05) is 18.2 Å². The number of carbonyl (C=O) groups is 1. The molecule has 0 aliphatic carbocycles. The normalized spacial score (nSPS) is 10.3. The van der Waals surface area contributed by atoms with Crippen molar-refractivity contribution in [3.8, 4) is 0 Å². The van der Waals surface area contributed by atoms with E-state index in [9.17, 15) is 18.0 Å². The minimum atomic E-state index is -1.57. The van der Waals surface area contributed by atoms with Gasteiger partial charge in [0, 0.05) is 6.54 Å². The fourth-order valence-electron chi connectivity index (χ4n) is 1.74. The lowest BCUT2D eigenvalue weighted by Gasteiger charge is -2.10. The Morgan fingerprint density at radius 2 is 1.75 bits per heavy atom. The van der Waals surface area contributed by atoms with Crippen molar-refractivity contribution in [1.29, 1.82) is 0 Å². The Morgan fingerprint density at radius 3 is 2.45 bits per heavy atom. The van der Waals surface area contributed by atoms with Crippen LogP contribution >= 0.6 is 0 Å². The maximum atomic E-state index is 13.4. The average Bonchev–Trinajstić information content (AvgIpc) is 2.44. The van der Waals surface area contributed by atoms with Gasteiger partial charge in [0.15, 0.2) is 17.5 Å². The first-order chi connectivity index (χ1) is 9.50. The highest BCUT2D eigenvalue weighted by Gasteiger charge is 2.14. The van der Waals surface area contributed by atoms with Crippen molar-refractivity contribution in [2.75, 3.05) is 5.32 Å². The molecule has 0 unspecified atom stereocenters. The molecule has 0 aliphatic heterocycles. The van der Waals surface area contributed by atoms with Crippen molar-refractivity contribution in [2.45, 2.75) is 6.54 Å². The predicted molar refractivity (Wildman–Crippen MR) is 67.0 cm³/mol. The lowest BCUT2D eigenvalue weighted by Crippen LogP contribution is -2.08. The minimum absolute atomic E-state index is 0.0233. The molecule has 20 heavy (non-hydrogen) atoms. The average molecular weight is 281 g/mol. The summed E-state index contributed by atoms with van der Waals surface area (Å²) in [5.74, 6) is -5.30. The molecule has 0 saturated carbocycles. The molecule has 6 heteroatoms. The van der Waals surface area contributed by atoms with Gasteiger partial charge in [-0.2, -0.15) is 0 Å². The summed E-state index contributed by atoms with van der Waals surface area (Å²) in [5.41, 5.74) is 0.233. The van der Waals surface area contributed by atoms with Crippen LogP contribution in [0.3, 0.4) is 0 Å². The number of benzene rings is 2. The van der Waals surface area contributed by atoms with Crippen LogP contribution in [0.25, 0.3) is 0 Å². The first-order valence-corrected chi connectivity index (χ1v) is 5.69. The zero-order valence-electron chi connectivity index (χ0n) is 10.2. The highest BCUT2D eigenvalue weighted by Crippen LogP contribution is 2.20. The van der Waals surface area contributed by atoms with Crippen LogP contribution in [0.2, 0.25) is 0 Å². The Kier molecular flexibility index (Phi) is 3.93. The number of hydrogen-bond acceptors (Lipinski definition) is 2. The Labute approximate surface area is 112 Å². The highest BCUT2D eigenvalue weighted by molar-refractivity contribution is 5.89. The van der Waals surface area contributed by atoms with Crippen LogP contribution in [0.4, 0.5) is 18.9 Å². The second kappa shape index (κ2) is 5.64. The molecule has 0 heterocycles. The topological polar surface area (TPSA) is 49.3 Å². The molecule has 0 radical (unpaired) electrons. The second-order valence-corrected chi connectivity index (χ2v) is 4.04. The summed E-state index contributed by atoms with van der Waals surface area (Å²) in [6.07, 6.45) is 0. The lowest BCUT2D eigenvalue weighted by molar-refractivity contribution is 0.0696. The zero-order valence-corrected chi connectivity index (χ0v) is 10.2. The Balaban J connectivity index is 2.22. The van der Waals surface area contributed by atoms with E-state index in [1.165, 1.54) is 6.07 Å². The fraction of sp³-hybridized carbons (Fsp3) is 0.0714. The molecule has 0 fully saturated rings. The maximum Gasteiger partial charge on any atom is 0.336 e. The molecular weight excluding hydrogens is 271 g/mol. The van der Waals surface area contributed by atoms with Crippen LogP contribution < -0.4 is 5.32 Å². The number of carboxylic acids is 1. The molecule has 0 aromatic heterocycles. The number of hydrogen-bond donors (Lipinski definition) is 2. The van der Waals surface area contributed by atoms with Crippen molar-refractivity contribution >= 4 is 11.7 Å². The predicted octanol–water partition coefficient (Wildman–Crippen LogP) is 3.41. The van der Waals surface area contributed by atoms with E-state index in [0.717, 1.165) is 12.1 Å². The number of anilines is 1. The number of halogens is 3. The molecule has 0 amide bonds. The first kappa shape index (κ1) is 13.9. The third-order valence-electron chi connectivity index (χ3n) is 2.75. The van der Waals surface area contributed by atoms with E-state index in [0.29, 0.717) is 5.56 Å². The molecule has 2 N–H and O–H groups in total. The molecule has 0 bridgehead atoms. The fourth-order valence-corrected chi connectivity index (χ4v) is 1.74. The number of rotatable bonds is 4. The van der Waals surface area contributed by atoms with Crippen molar-refractivity contribution in [3.63, 3.8) is 0 Å². The smallest absolute Gasteiger partial charge is 0.336 e. The lowest BCUT2D eigenvalue weighted by atomic mass is 10.1. The largest absolute Gasteiger partial charge is 0.478 e. The van der Waals surface area contributed by atoms with Crippen molar-refractivity contribution in [1.82, 2.24) is 0 Å². The van der Waals surface area contributed by atoms with E-state index in [1.807, 2.05) is 0 Å². The molecule has 104 valence electrons. The Morgan fingerprint density at radius 1 is 1.05 bits per heavy atom. The molecule has 0 aliphatic rings. The first-order valence-electron chi connectivity index (χ1n) is 5.69. The third kappa shape index (κ3) is 2.74. The van der Waals surface area contributed by atoms with Crippen LogP contribution in [0.5, 0.6) is 0 Å². The van der Waals surface area contributed by atoms with E-state index in [4.69, 9.17) is 5.11 Å². The van der Waals surface area contributed by atoms with Crippen LogP contribution in [0.1, 0.15) is 15.9 Å². The standard InChI is InChI=1S/C14H10F3NO2/c15-10-5-6-11(13(17)12(10)16)18-7-8-3-1-2-4-9(8)14(19)20/h1-6,18H,7H2,(H,19,20). The van der Waals surface area contributed by atoms with Crippen molar-refractivity contribution < 1.29 is 23.1 Å². The summed E-state index contributed by atoms with van der Waals surface area (Å²) in [4.78, 5) is 11.0. The van der Waals surface area contributed by atoms with Crippen LogP contribution in [-0.4, -0.2) is 11.1 Å². The monoisotopic (exact) mass is 281 g/mol. The summed E-state index contributed by atoms with van der Waals surface area (Å²) < 4.78 is 39.2. The van der Waals surface area contributed by atoms with Gasteiger partial charge in [0.25, 0.3) is 0 Å². The van der Waals surface area contributed by atoms with Crippen LogP contribution in [0, 0.1) is 17.5 Å². The van der Waals surface area contributed by atoms with Gasteiger partial charge in [-0.3, -0.25) is 0 Å². The van der Waals surface area contributed by atoms with E-state index in [-0.39, 0.29) is 17.8 Å². The number of carboxylic acid groups (broad SMARTS) is 1. The van der Waals surface area contributed by atoms with Gasteiger partial charge in [-0.15, -0.1) is 0 Å². The van der Waals surface area contributed by atoms with E-state index < -0.39 is 23.4 Å². The highest BCUT2D eigenvalue weighted by atomic mass is 19.2. The van der Waals surface area contributed by atoms with Gasteiger partial charge in [0.05, 0.1) is 11.3 Å². The maximum absolute atomic E-state index is 13.4. The van der Waals surface area contributed by atoms with Gasteiger partial charge >= 0.3 is 5.97 Å². The van der Waals surface area contributed by atoms with Gasteiger partial charge in [0.2, 0.25) is 0 Å². The molecule has 3 nitrogen and oxygen atoms in total. The molecule has 2 aromatic carbocycles. The Bertz CT molecular complexity index is 659. The summed E-state index contributed by atoms with van der Waals surface area (Å²) in [6, 6.07) is 7.99. The van der Waals surface area contributed by atoms with Crippen molar-refractivity contribution in [3.05, 3.63) is 65.0 Å². The van der Waals surface area contributed by atoms with Crippen LogP contribution in [-0.2, 0) is 6.54 Å². The summed E-state index contributed by atoms with van der Waals surface area (Å²) in [5, 5.41) is 11.5. The zero-order chi connectivity index (χ0) is 14.7. The molecule has 0 saturated heterocycles. The minimum Gasteiger partial charge on any atom is -0.478 e. The van der Waals surface area contributed by atoms with Gasteiger partial charge < -0.3 is 10.4 Å². The van der Waals surface area contributed by atoms with E-state index in [2.05, 4.69) is 5.32 Å². The summed E-state index contributed by atoms with van der Waals surface area (Å²) in [7, 11) is 0. The number of nitrogens with one attached hydrogen (secondary N) is 1. The van der Waals surface area contributed by atoms with Gasteiger partial charge in [-0.25, -0.2) is 18.0 Å². The quantitative estimate of drug-likeness (QED) is 0.844. The SMILES string of the molecule is O=C(O)c1ccccc1CNc1ccc(F)c(F)c1F. The molecule has 2 rings (SSSR count). The Hall–Kier alpha value is -2.50. The van der Waals surface area contributed by atoms with E-state index in [1.54, 1.807) is 18.2 Å². The van der Waals surface area contributed by atoms with E-state index >= 15 is 0 Å².